The summed E-state index contributed by atoms with van der Waals surface area (Å²) in [5.74, 6) is 0.861. The lowest BCUT2D eigenvalue weighted by Gasteiger charge is -2.35. The Bertz CT molecular complexity index is 1410. The van der Waals surface area contributed by atoms with Crippen molar-refractivity contribution in [2.75, 3.05) is 31.1 Å². The third-order valence-corrected chi connectivity index (χ3v) is 7.81. The van der Waals surface area contributed by atoms with Crippen LogP contribution in [-0.2, 0) is 10.0 Å². The summed E-state index contributed by atoms with van der Waals surface area (Å²) in [6.07, 6.45) is 0. The Kier molecular flexibility index (Phi) is 5.74. The number of aromatic nitrogens is 2. The predicted molar refractivity (Wildman–Crippen MR) is 127 cm³/mol. The van der Waals surface area contributed by atoms with Gasteiger partial charge in [0.15, 0.2) is 5.82 Å². The van der Waals surface area contributed by atoms with Gasteiger partial charge < -0.3 is 4.90 Å². The number of hydrogen-bond donors (Lipinski definition) is 0. The minimum absolute atomic E-state index is 0.0887. The highest BCUT2D eigenvalue weighted by Gasteiger charge is 2.30. The topological polar surface area (TPSA) is 66.4 Å². The fourth-order valence-electron chi connectivity index (χ4n) is 3.94. The maximum absolute atomic E-state index is 13.2. The summed E-state index contributed by atoms with van der Waals surface area (Å²) in [5, 5.41) is 1.44. The zero-order valence-corrected chi connectivity index (χ0v) is 19.1. The molecule has 0 amide bonds. The molecule has 168 valence electrons. The van der Waals surface area contributed by atoms with Gasteiger partial charge >= 0.3 is 0 Å². The maximum atomic E-state index is 13.2. The molecular weight excluding hydrogens is 463 g/mol. The molecule has 0 spiro atoms. The van der Waals surface area contributed by atoms with Crippen LogP contribution in [0.15, 0.2) is 77.7 Å². The van der Waals surface area contributed by atoms with Crippen molar-refractivity contribution in [3.8, 4) is 11.4 Å². The van der Waals surface area contributed by atoms with E-state index in [1.54, 1.807) is 6.07 Å². The maximum Gasteiger partial charge on any atom is 0.243 e. The average molecular weight is 483 g/mol. The van der Waals surface area contributed by atoms with E-state index in [1.165, 1.54) is 16.4 Å². The second kappa shape index (κ2) is 8.70. The highest BCUT2D eigenvalue weighted by atomic mass is 35.5. The number of nitrogens with zero attached hydrogens (tertiary/aromatic N) is 4. The Morgan fingerprint density at radius 1 is 0.848 bits per heavy atom. The number of benzene rings is 3. The number of halogens is 2. The summed E-state index contributed by atoms with van der Waals surface area (Å²) >= 11 is 6.22. The van der Waals surface area contributed by atoms with E-state index in [9.17, 15) is 12.8 Å². The van der Waals surface area contributed by atoms with Crippen molar-refractivity contribution in [3.05, 3.63) is 83.6 Å². The van der Waals surface area contributed by atoms with Crippen molar-refractivity contribution in [2.24, 2.45) is 0 Å². The fraction of sp³-hybridized carbons (Fsp3) is 0.167. The molecule has 0 radical (unpaired) electrons. The molecule has 3 aromatic carbocycles. The highest BCUT2D eigenvalue weighted by Crippen LogP contribution is 2.30. The molecule has 9 heteroatoms. The smallest absolute Gasteiger partial charge is 0.243 e. The second-order valence-corrected chi connectivity index (χ2v) is 10.1. The van der Waals surface area contributed by atoms with Gasteiger partial charge in [0.2, 0.25) is 10.0 Å². The van der Waals surface area contributed by atoms with Crippen LogP contribution in [0.2, 0.25) is 5.02 Å². The van der Waals surface area contributed by atoms with E-state index in [4.69, 9.17) is 21.6 Å². The minimum atomic E-state index is -3.69. The van der Waals surface area contributed by atoms with Crippen molar-refractivity contribution in [1.82, 2.24) is 14.3 Å². The third kappa shape index (κ3) is 4.29. The van der Waals surface area contributed by atoms with E-state index >= 15 is 0 Å². The van der Waals surface area contributed by atoms with E-state index in [2.05, 4.69) is 4.90 Å². The first-order chi connectivity index (χ1) is 15.9. The van der Waals surface area contributed by atoms with Crippen LogP contribution in [0.3, 0.4) is 0 Å². The summed E-state index contributed by atoms with van der Waals surface area (Å²) < 4.78 is 40.6. The Morgan fingerprint density at radius 2 is 1.55 bits per heavy atom. The Morgan fingerprint density at radius 3 is 2.24 bits per heavy atom. The lowest BCUT2D eigenvalue weighted by molar-refractivity contribution is 0.384. The highest BCUT2D eigenvalue weighted by molar-refractivity contribution is 7.89. The molecule has 0 aliphatic carbocycles. The molecule has 1 fully saturated rings. The fourth-order valence-corrected chi connectivity index (χ4v) is 5.53. The summed E-state index contributed by atoms with van der Waals surface area (Å²) in [4.78, 5) is 11.7. The van der Waals surface area contributed by atoms with Crippen LogP contribution in [0.5, 0.6) is 0 Å². The van der Waals surface area contributed by atoms with E-state index in [1.807, 2.05) is 42.5 Å². The Balaban J connectivity index is 1.46. The van der Waals surface area contributed by atoms with Crippen LogP contribution in [-0.4, -0.2) is 48.9 Å². The van der Waals surface area contributed by atoms with E-state index < -0.39 is 15.8 Å². The summed E-state index contributed by atoms with van der Waals surface area (Å²) in [6.45, 7) is 1.51. The van der Waals surface area contributed by atoms with Crippen LogP contribution >= 0.6 is 11.6 Å². The van der Waals surface area contributed by atoms with Gasteiger partial charge in [0.25, 0.3) is 0 Å². The molecule has 1 saturated heterocycles. The molecule has 0 bridgehead atoms. The molecule has 0 saturated carbocycles. The van der Waals surface area contributed by atoms with Crippen LogP contribution in [0.25, 0.3) is 22.3 Å². The first kappa shape index (κ1) is 21.8. The number of anilines is 1. The molecule has 1 aliphatic rings. The normalized spacial score (nSPS) is 15.2. The molecule has 5 rings (SSSR count). The van der Waals surface area contributed by atoms with Gasteiger partial charge in [-0.25, -0.2) is 22.8 Å². The van der Waals surface area contributed by atoms with Gasteiger partial charge in [-0.15, -0.1) is 0 Å². The van der Waals surface area contributed by atoms with Gasteiger partial charge in [-0.05, 0) is 42.5 Å². The zero-order chi connectivity index (χ0) is 23.0. The number of fused-ring (bicyclic) bond motifs is 1. The van der Waals surface area contributed by atoms with Crippen molar-refractivity contribution in [3.63, 3.8) is 0 Å². The number of piperazine rings is 1. The zero-order valence-electron chi connectivity index (χ0n) is 17.5. The summed E-state index contributed by atoms with van der Waals surface area (Å²) in [7, 11) is -3.69. The van der Waals surface area contributed by atoms with Gasteiger partial charge in [-0.1, -0.05) is 41.9 Å². The lowest BCUT2D eigenvalue weighted by atomic mass is 10.1. The first-order valence-electron chi connectivity index (χ1n) is 10.5. The molecule has 33 heavy (non-hydrogen) atoms. The van der Waals surface area contributed by atoms with E-state index in [0.29, 0.717) is 37.0 Å². The quantitative estimate of drug-likeness (QED) is 0.425. The monoisotopic (exact) mass is 482 g/mol. The van der Waals surface area contributed by atoms with E-state index in [-0.39, 0.29) is 4.90 Å². The van der Waals surface area contributed by atoms with Gasteiger partial charge in [-0.2, -0.15) is 4.31 Å². The largest absolute Gasteiger partial charge is 0.353 e. The molecule has 0 atom stereocenters. The summed E-state index contributed by atoms with van der Waals surface area (Å²) in [6, 6.07) is 20.1. The lowest BCUT2D eigenvalue weighted by Crippen LogP contribution is -2.49. The van der Waals surface area contributed by atoms with Crippen molar-refractivity contribution < 1.29 is 12.8 Å². The third-order valence-electron chi connectivity index (χ3n) is 5.66. The van der Waals surface area contributed by atoms with Gasteiger partial charge in [-0.3, -0.25) is 0 Å². The Hall–Kier alpha value is -3.07. The molecule has 2 heterocycles. The van der Waals surface area contributed by atoms with Gasteiger partial charge in [0, 0.05) is 42.2 Å². The van der Waals surface area contributed by atoms with Crippen molar-refractivity contribution >= 4 is 38.3 Å². The number of sulfonamides is 1. The molecule has 6 nitrogen and oxygen atoms in total. The molecular formula is C24H20ClFN4O2S. The average Bonchev–Trinajstić information content (AvgIpc) is 2.84. The second-order valence-electron chi connectivity index (χ2n) is 7.74. The van der Waals surface area contributed by atoms with Crippen LogP contribution in [0.1, 0.15) is 0 Å². The van der Waals surface area contributed by atoms with Crippen LogP contribution in [0, 0.1) is 5.82 Å². The SMILES string of the molecule is O=S(=O)(c1ccc(F)cc1)N1CCN(c2nc(-c3ccccc3)nc3cc(Cl)ccc23)CC1. The molecule has 0 unspecified atom stereocenters. The van der Waals surface area contributed by atoms with Crippen molar-refractivity contribution in [2.45, 2.75) is 4.90 Å². The first-order valence-corrected chi connectivity index (χ1v) is 12.3. The minimum Gasteiger partial charge on any atom is -0.353 e. The van der Waals surface area contributed by atoms with E-state index in [0.717, 1.165) is 34.4 Å². The molecule has 0 N–H and O–H groups in total. The number of rotatable bonds is 4. The standard InChI is InChI=1S/C24H20ClFN4O2S/c25-18-6-11-21-22(16-18)27-23(17-4-2-1-3-5-17)28-24(21)29-12-14-30(15-13-29)33(31,32)20-9-7-19(26)8-10-20/h1-11,16H,12-15H2. The predicted octanol–water partition coefficient (Wildman–Crippen LogP) is 4.60. The summed E-state index contributed by atoms with van der Waals surface area (Å²) in [5.41, 5.74) is 1.62. The molecule has 1 aliphatic heterocycles. The van der Waals surface area contributed by atoms with Crippen molar-refractivity contribution in [1.29, 1.82) is 0 Å². The molecule has 1 aromatic heterocycles. The van der Waals surface area contributed by atoms with Gasteiger partial charge in [0.05, 0.1) is 10.4 Å². The van der Waals surface area contributed by atoms with Crippen LogP contribution in [0.4, 0.5) is 10.2 Å². The number of hydrogen-bond acceptors (Lipinski definition) is 5. The molecule has 4 aromatic rings. The Labute approximate surface area is 196 Å². The van der Waals surface area contributed by atoms with Gasteiger partial charge in [0.1, 0.15) is 11.6 Å². The van der Waals surface area contributed by atoms with Crippen LogP contribution < -0.4 is 4.90 Å².